The fraction of sp³-hybridized carbons (Fsp3) is 0.500. The molecule has 0 radical (unpaired) electrons. The van der Waals surface area contributed by atoms with Crippen molar-refractivity contribution in [1.29, 1.82) is 0 Å². The van der Waals surface area contributed by atoms with Gasteiger partial charge >= 0.3 is 123 Å². The van der Waals surface area contributed by atoms with Crippen molar-refractivity contribution in [1.82, 2.24) is 13.3 Å². The molecule has 1 aromatic heterocycles. The van der Waals surface area contributed by atoms with Gasteiger partial charge in [-0.25, -0.2) is 0 Å². The molecule has 1 aliphatic carbocycles. The van der Waals surface area contributed by atoms with Gasteiger partial charge in [-0.2, -0.15) is 0 Å². The standard InChI is InChI=1S/C14H16N4OSe/c19-13(9-8-14(9)4-6-15-7-5-14)16-10-2-1-3-11-12(10)18-20-17-11/h1-3,9,15H,4-8H2,(H,16,19). The molecule has 1 aliphatic heterocycles. The van der Waals surface area contributed by atoms with Gasteiger partial charge in [-0.05, 0) is 0 Å². The molecule has 1 unspecified atom stereocenters. The molecule has 1 aromatic carbocycles. The van der Waals surface area contributed by atoms with Crippen molar-refractivity contribution in [3.05, 3.63) is 18.2 Å². The van der Waals surface area contributed by atoms with E-state index in [1.54, 1.807) is 0 Å². The summed E-state index contributed by atoms with van der Waals surface area (Å²) >= 11 is -0.0565. The van der Waals surface area contributed by atoms with E-state index >= 15 is 0 Å². The molecule has 4 rings (SSSR count). The molecule has 2 heterocycles. The fourth-order valence-electron chi connectivity index (χ4n) is 3.32. The van der Waals surface area contributed by atoms with Crippen molar-refractivity contribution in [3.8, 4) is 0 Å². The third-order valence-electron chi connectivity index (χ3n) is 4.65. The van der Waals surface area contributed by atoms with E-state index in [-0.39, 0.29) is 32.2 Å². The zero-order valence-electron chi connectivity index (χ0n) is 11.1. The van der Waals surface area contributed by atoms with Gasteiger partial charge in [0.05, 0.1) is 0 Å². The molecule has 1 spiro atoms. The SMILES string of the molecule is O=C(Nc1cccc2n[se]nc12)C1CC12CCNCC2. The summed E-state index contributed by atoms with van der Waals surface area (Å²) in [5.41, 5.74) is 2.88. The van der Waals surface area contributed by atoms with Crippen LogP contribution in [0.25, 0.3) is 11.0 Å². The maximum absolute atomic E-state index is 12.4. The molecule has 1 amide bonds. The molecule has 6 heteroatoms. The number of nitrogens with one attached hydrogen (secondary N) is 2. The number of rotatable bonds is 2. The van der Waals surface area contributed by atoms with Crippen LogP contribution < -0.4 is 10.6 Å². The van der Waals surface area contributed by atoms with Crippen LogP contribution in [0.2, 0.25) is 0 Å². The van der Waals surface area contributed by atoms with Gasteiger partial charge in [-0.15, -0.1) is 0 Å². The van der Waals surface area contributed by atoms with Gasteiger partial charge in [0.25, 0.3) is 0 Å². The molecule has 1 atom stereocenters. The van der Waals surface area contributed by atoms with Crippen LogP contribution in [-0.4, -0.2) is 41.9 Å². The summed E-state index contributed by atoms with van der Waals surface area (Å²) in [7, 11) is 0. The molecule has 2 fully saturated rings. The van der Waals surface area contributed by atoms with Crippen LogP contribution in [0.5, 0.6) is 0 Å². The average molecular weight is 335 g/mol. The Labute approximate surface area is 123 Å². The number of hydrogen-bond acceptors (Lipinski definition) is 4. The summed E-state index contributed by atoms with van der Waals surface area (Å²) < 4.78 is 8.75. The third kappa shape index (κ3) is 1.99. The Kier molecular flexibility index (Phi) is 2.91. The van der Waals surface area contributed by atoms with E-state index < -0.39 is 0 Å². The second-order valence-corrected chi connectivity index (χ2v) is 6.90. The number of benzene rings is 1. The van der Waals surface area contributed by atoms with E-state index in [1.807, 2.05) is 18.2 Å². The van der Waals surface area contributed by atoms with Crippen molar-refractivity contribution < 1.29 is 4.79 Å². The Morgan fingerprint density at radius 2 is 2.20 bits per heavy atom. The van der Waals surface area contributed by atoms with E-state index in [1.165, 1.54) is 0 Å². The van der Waals surface area contributed by atoms with Gasteiger partial charge < -0.3 is 0 Å². The van der Waals surface area contributed by atoms with Crippen LogP contribution in [0, 0.1) is 11.3 Å². The van der Waals surface area contributed by atoms with E-state index in [9.17, 15) is 4.79 Å². The number of carbonyl (C=O) groups is 1. The van der Waals surface area contributed by atoms with Crippen LogP contribution in [-0.2, 0) is 4.79 Å². The van der Waals surface area contributed by atoms with Crippen LogP contribution in [0.3, 0.4) is 0 Å². The maximum atomic E-state index is 12.4. The first kappa shape index (κ1) is 12.5. The number of piperidine rings is 1. The predicted molar refractivity (Wildman–Crippen MR) is 77.8 cm³/mol. The minimum atomic E-state index is -0.0565. The second kappa shape index (κ2) is 4.65. The molecule has 104 valence electrons. The van der Waals surface area contributed by atoms with Crippen molar-refractivity contribution in [2.24, 2.45) is 11.3 Å². The van der Waals surface area contributed by atoms with Gasteiger partial charge in [-0.3, -0.25) is 0 Å². The number of anilines is 1. The molecule has 0 bridgehead atoms. The number of nitrogens with zero attached hydrogens (tertiary/aromatic N) is 2. The molecule has 2 aliphatic rings. The zero-order chi connectivity index (χ0) is 13.6. The molecular formula is C14H16N4OSe. The molecule has 5 nitrogen and oxygen atoms in total. The summed E-state index contributed by atoms with van der Waals surface area (Å²) in [6, 6.07) is 5.81. The first-order chi connectivity index (χ1) is 9.78. The molecule has 2 N–H and O–H groups in total. The van der Waals surface area contributed by atoms with Crippen molar-refractivity contribution in [2.75, 3.05) is 18.4 Å². The van der Waals surface area contributed by atoms with E-state index in [4.69, 9.17) is 0 Å². The van der Waals surface area contributed by atoms with Crippen LogP contribution in [0.1, 0.15) is 19.3 Å². The quantitative estimate of drug-likeness (QED) is 0.804. The molecular weight excluding hydrogens is 319 g/mol. The van der Waals surface area contributed by atoms with Gasteiger partial charge in [0.15, 0.2) is 0 Å². The zero-order valence-corrected chi connectivity index (χ0v) is 12.8. The minimum absolute atomic E-state index is 0.0565. The van der Waals surface area contributed by atoms with Crippen molar-refractivity contribution in [2.45, 2.75) is 19.3 Å². The summed E-state index contributed by atoms with van der Waals surface area (Å²) in [4.78, 5) is 12.4. The van der Waals surface area contributed by atoms with E-state index in [0.717, 1.165) is 49.1 Å². The number of amides is 1. The summed E-state index contributed by atoms with van der Waals surface area (Å²) in [6.07, 6.45) is 3.29. The summed E-state index contributed by atoms with van der Waals surface area (Å²) in [5, 5.41) is 6.44. The van der Waals surface area contributed by atoms with E-state index in [2.05, 4.69) is 18.6 Å². The van der Waals surface area contributed by atoms with E-state index in [0.29, 0.717) is 0 Å². The van der Waals surface area contributed by atoms with Crippen LogP contribution >= 0.6 is 0 Å². The Morgan fingerprint density at radius 1 is 1.35 bits per heavy atom. The first-order valence-electron chi connectivity index (χ1n) is 7.01. The van der Waals surface area contributed by atoms with Crippen molar-refractivity contribution >= 4 is 37.6 Å². The molecule has 1 saturated carbocycles. The second-order valence-electron chi connectivity index (χ2n) is 5.80. The van der Waals surface area contributed by atoms with Gasteiger partial charge in [-0.1, -0.05) is 0 Å². The van der Waals surface area contributed by atoms with Gasteiger partial charge in [0.2, 0.25) is 0 Å². The Hall–Kier alpha value is -1.23. The van der Waals surface area contributed by atoms with Crippen LogP contribution in [0.4, 0.5) is 5.69 Å². The summed E-state index contributed by atoms with van der Waals surface area (Å²) in [5.74, 6) is 0.346. The Morgan fingerprint density at radius 3 is 3.05 bits per heavy atom. The van der Waals surface area contributed by atoms with Crippen molar-refractivity contribution in [3.63, 3.8) is 0 Å². The topological polar surface area (TPSA) is 66.9 Å². The average Bonchev–Trinajstić information content (AvgIpc) is 2.95. The van der Waals surface area contributed by atoms with Gasteiger partial charge in [0, 0.05) is 0 Å². The molecule has 1 saturated heterocycles. The Bertz CT molecular complexity index is 662. The molecule has 2 aromatic rings. The fourth-order valence-corrected chi connectivity index (χ4v) is 4.48. The van der Waals surface area contributed by atoms with Crippen LogP contribution in [0.15, 0.2) is 18.2 Å². The normalized spacial score (nSPS) is 23.9. The number of carbonyl (C=O) groups excluding carboxylic acids is 1. The molecule has 20 heavy (non-hydrogen) atoms. The third-order valence-corrected chi connectivity index (χ3v) is 5.79. The summed E-state index contributed by atoms with van der Waals surface area (Å²) in [6.45, 7) is 2.09. The van der Waals surface area contributed by atoms with Gasteiger partial charge in [0.1, 0.15) is 0 Å². The number of hydrogen-bond donors (Lipinski definition) is 2. The number of aromatic nitrogens is 2. The Balaban J connectivity index is 1.52. The first-order valence-corrected chi connectivity index (χ1v) is 8.55. The number of fused-ring (bicyclic) bond motifs is 1. The predicted octanol–water partition coefficient (Wildman–Crippen LogP) is 1.01. The monoisotopic (exact) mass is 336 g/mol.